The van der Waals surface area contributed by atoms with Crippen LogP contribution in [-0.2, 0) is 0 Å². The molecule has 3 atom stereocenters. The van der Waals surface area contributed by atoms with Gasteiger partial charge in [0.2, 0.25) is 0 Å². The summed E-state index contributed by atoms with van der Waals surface area (Å²) in [7, 11) is 0. The van der Waals surface area contributed by atoms with Crippen molar-refractivity contribution < 1.29 is 0 Å². The Morgan fingerprint density at radius 2 is 2.44 bits per heavy atom. The molecule has 0 aromatic carbocycles. The van der Waals surface area contributed by atoms with E-state index in [9.17, 15) is 0 Å². The SMILES string of the molecule is C[C@]12CNC[C@H]1[C@@H](N)C2. The van der Waals surface area contributed by atoms with Crippen LogP contribution in [0.15, 0.2) is 0 Å². The third kappa shape index (κ3) is 0.578. The van der Waals surface area contributed by atoms with Crippen LogP contribution >= 0.6 is 0 Å². The van der Waals surface area contributed by atoms with Gasteiger partial charge in [0.15, 0.2) is 0 Å². The van der Waals surface area contributed by atoms with Crippen molar-refractivity contribution in [1.82, 2.24) is 5.32 Å². The lowest BCUT2D eigenvalue weighted by Gasteiger charge is -2.46. The minimum atomic E-state index is 0.491. The van der Waals surface area contributed by atoms with E-state index in [0.717, 1.165) is 12.5 Å². The summed E-state index contributed by atoms with van der Waals surface area (Å²) in [6.45, 7) is 4.67. The molecule has 0 spiro atoms. The summed E-state index contributed by atoms with van der Waals surface area (Å²) in [5.74, 6) is 0.775. The fourth-order valence-corrected chi connectivity index (χ4v) is 2.30. The van der Waals surface area contributed by atoms with Crippen LogP contribution in [0.3, 0.4) is 0 Å². The predicted molar refractivity (Wildman–Crippen MR) is 37.1 cm³/mol. The van der Waals surface area contributed by atoms with E-state index in [4.69, 9.17) is 5.73 Å². The monoisotopic (exact) mass is 126 g/mol. The molecule has 1 saturated carbocycles. The molecule has 2 heteroatoms. The van der Waals surface area contributed by atoms with Crippen LogP contribution in [0.5, 0.6) is 0 Å². The first-order valence-corrected chi connectivity index (χ1v) is 3.69. The second-order valence-electron chi connectivity index (χ2n) is 3.76. The molecule has 0 aromatic heterocycles. The van der Waals surface area contributed by atoms with Crippen LogP contribution in [0.2, 0.25) is 0 Å². The van der Waals surface area contributed by atoms with E-state index >= 15 is 0 Å². The van der Waals surface area contributed by atoms with Gasteiger partial charge in [-0.2, -0.15) is 0 Å². The molecule has 2 nitrogen and oxygen atoms in total. The average molecular weight is 126 g/mol. The van der Waals surface area contributed by atoms with Gasteiger partial charge in [-0.15, -0.1) is 0 Å². The number of fused-ring (bicyclic) bond motifs is 1. The van der Waals surface area contributed by atoms with Gasteiger partial charge in [0.1, 0.15) is 0 Å². The smallest absolute Gasteiger partial charge is 0.00907 e. The van der Waals surface area contributed by atoms with Gasteiger partial charge >= 0.3 is 0 Å². The maximum atomic E-state index is 5.81. The molecule has 1 aliphatic carbocycles. The summed E-state index contributed by atoms with van der Waals surface area (Å²) >= 11 is 0. The van der Waals surface area contributed by atoms with Crippen molar-refractivity contribution in [3.63, 3.8) is 0 Å². The van der Waals surface area contributed by atoms with Crippen LogP contribution in [0.4, 0.5) is 0 Å². The van der Waals surface area contributed by atoms with Gasteiger partial charge in [0, 0.05) is 19.1 Å². The highest BCUT2D eigenvalue weighted by atomic mass is 15.0. The summed E-state index contributed by atoms with van der Waals surface area (Å²) in [6.07, 6.45) is 1.23. The zero-order valence-corrected chi connectivity index (χ0v) is 5.85. The minimum absolute atomic E-state index is 0.491. The van der Waals surface area contributed by atoms with E-state index in [1.54, 1.807) is 0 Å². The van der Waals surface area contributed by atoms with Crippen molar-refractivity contribution in [2.45, 2.75) is 19.4 Å². The minimum Gasteiger partial charge on any atom is -0.327 e. The lowest BCUT2D eigenvalue weighted by atomic mass is 9.60. The third-order valence-electron chi connectivity index (χ3n) is 3.01. The van der Waals surface area contributed by atoms with Crippen molar-refractivity contribution in [2.24, 2.45) is 17.1 Å². The van der Waals surface area contributed by atoms with Crippen LogP contribution < -0.4 is 11.1 Å². The maximum Gasteiger partial charge on any atom is 0.00907 e. The Hall–Kier alpha value is -0.0800. The maximum absolute atomic E-state index is 5.81. The molecule has 52 valence electrons. The Balaban J connectivity index is 2.13. The largest absolute Gasteiger partial charge is 0.327 e. The fourth-order valence-electron chi connectivity index (χ4n) is 2.30. The Morgan fingerprint density at radius 3 is 2.89 bits per heavy atom. The molecule has 0 aromatic rings. The van der Waals surface area contributed by atoms with Gasteiger partial charge in [-0.3, -0.25) is 0 Å². The van der Waals surface area contributed by atoms with Crippen molar-refractivity contribution >= 4 is 0 Å². The Kier molecular flexibility index (Phi) is 0.945. The van der Waals surface area contributed by atoms with E-state index < -0.39 is 0 Å². The molecule has 9 heavy (non-hydrogen) atoms. The van der Waals surface area contributed by atoms with E-state index in [-0.39, 0.29) is 0 Å². The van der Waals surface area contributed by atoms with Crippen LogP contribution in [0.25, 0.3) is 0 Å². The van der Waals surface area contributed by atoms with Crippen molar-refractivity contribution in [2.75, 3.05) is 13.1 Å². The number of nitrogens with one attached hydrogen (secondary N) is 1. The lowest BCUT2D eigenvalue weighted by molar-refractivity contribution is 0.0770. The van der Waals surface area contributed by atoms with E-state index in [2.05, 4.69) is 12.2 Å². The highest BCUT2D eigenvalue weighted by molar-refractivity contribution is 5.07. The molecule has 2 rings (SSSR count). The molecular formula is C7H14N2. The van der Waals surface area contributed by atoms with Gasteiger partial charge in [0.05, 0.1) is 0 Å². The Labute approximate surface area is 55.8 Å². The molecule has 0 amide bonds. The first-order chi connectivity index (χ1) is 4.22. The Bertz CT molecular complexity index is 135. The number of rotatable bonds is 0. The lowest BCUT2D eigenvalue weighted by Crippen LogP contribution is -2.53. The molecular weight excluding hydrogens is 112 g/mol. The topological polar surface area (TPSA) is 38.0 Å². The van der Waals surface area contributed by atoms with Crippen LogP contribution in [0, 0.1) is 11.3 Å². The van der Waals surface area contributed by atoms with Crippen molar-refractivity contribution in [3.05, 3.63) is 0 Å². The molecule has 0 unspecified atom stereocenters. The summed E-state index contributed by atoms with van der Waals surface area (Å²) in [5.41, 5.74) is 6.38. The number of hydrogen-bond acceptors (Lipinski definition) is 2. The van der Waals surface area contributed by atoms with Gasteiger partial charge in [-0.1, -0.05) is 6.92 Å². The van der Waals surface area contributed by atoms with E-state index in [0.29, 0.717) is 11.5 Å². The molecule has 1 heterocycles. The molecule has 1 saturated heterocycles. The van der Waals surface area contributed by atoms with Gasteiger partial charge in [-0.05, 0) is 17.8 Å². The van der Waals surface area contributed by atoms with Crippen molar-refractivity contribution in [3.8, 4) is 0 Å². The zero-order valence-electron chi connectivity index (χ0n) is 5.85. The van der Waals surface area contributed by atoms with E-state index in [1.807, 2.05) is 0 Å². The number of nitrogens with two attached hydrogens (primary N) is 1. The zero-order chi connectivity index (χ0) is 6.48. The van der Waals surface area contributed by atoms with Gasteiger partial charge < -0.3 is 11.1 Å². The normalized spacial score (nSPS) is 56.7. The number of hydrogen-bond donors (Lipinski definition) is 2. The summed E-state index contributed by atoms with van der Waals surface area (Å²) in [6, 6.07) is 0.491. The summed E-state index contributed by atoms with van der Waals surface area (Å²) < 4.78 is 0. The fraction of sp³-hybridized carbons (Fsp3) is 1.00. The average Bonchev–Trinajstić information content (AvgIpc) is 2.06. The standard InChI is InChI=1S/C7H14N2/c1-7-2-6(8)5(7)3-9-4-7/h5-6,9H,2-4,8H2,1H3/t5-,6-,7-/m0/s1. The molecule has 0 bridgehead atoms. The van der Waals surface area contributed by atoms with Gasteiger partial charge in [0.25, 0.3) is 0 Å². The molecule has 0 radical (unpaired) electrons. The summed E-state index contributed by atoms with van der Waals surface area (Å²) in [4.78, 5) is 0. The van der Waals surface area contributed by atoms with Crippen LogP contribution in [-0.4, -0.2) is 19.1 Å². The Morgan fingerprint density at radius 1 is 1.67 bits per heavy atom. The highest BCUT2D eigenvalue weighted by Gasteiger charge is 2.51. The quantitative estimate of drug-likeness (QED) is 0.477. The molecule has 1 aliphatic heterocycles. The summed E-state index contributed by atoms with van der Waals surface area (Å²) in [5, 5.41) is 3.38. The highest BCUT2D eigenvalue weighted by Crippen LogP contribution is 2.47. The van der Waals surface area contributed by atoms with E-state index in [1.165, 1.54) is 13.0 Å². The molecule has 2 fully saturated rings. The van der Waals surface area contributed by atoms with Gasteiger partial charge in [-0.25, -0.2) is 0 Å². The second-order valence-corrected chi connectivity index (χ2v) is 3.76. The molecule has 3 N–H and O–H groups in total. The third-order valence-corrected chi connectivity index (χ3v) is 3.01. The predicted octanol–water partition coefficient (Wildman–Crippen LogP) is -0.0569. The first kappa shape index (κ1) is 5.69. The van der Waals surface area contributed by atoms with Crippen molar-refractivity contribution in [1.29, 1.82) is 0 Å². The second kappa shape index (κ2) is 1.50. The van der Waals surface area contributed by atoms with Crippen LogP contribution in [0.1, 0.15) is 13.3 Å². The first-order valence-electron chi connectivity index (χ1n) is 3.69. The molecule has 2 aliphatic rings.